The summed E-state index contributed by atoms with van der Waals surface area (Å²) >= 11 is 0. The standard InChI is InChI=1S/C14H18N2O2.C2HF3O2/c1-8-5-15-6-13(16-8)10-3-4-11-12(9(10)2)7-18-14(11)17;3-2(4,5)1(6)7/h3-4,8,13,15-16H,5-7H2,1-2H3;(H,6,7)/t8-,13-;/m0./s1/i7D2;. The summed E-state index contributed by atoms with van der Waals surface area (Å²) in [5.41, 5.74) is 2.53. The minimum Gasteiger partial charge on any atom is -0.475 e. The molecular formula is C16H19F3N2O4. The Morgan fingerprint density at radius 2 is 2.04 bits per heavy atom. The number of hydrogen-bond acceptors (Lipinski definition) is 5. The monoisotopic (exact) mass is 362 g/mol. The molecule has 1 fully saturated rings. The molecule has 6 nitrogen and oxygen atoms in total. The van der Waals surface area contributed by atoms with Crippen LogP contribution in [0.25, 0.3) is 0 Å². The molecule has 0 aliphatic carbocycles. The first kappa shape index (κ1) is 16.3. The third-order valence-electron chi connectivity index (χ3n) is 3.88. The van der Waals surface area contributed by atoms with Crippen LogP contribution >= 0.6 is 0 Å². The van der Waals surface area contributed by atoms with Gasteiger partial charge in [0.05, 0.1) is 8.30 Å². The Labute approximate surface area is 145 Å². The minimum atomic E-state index is -5.08. The second-order valence-electron chi connectivity index (χ2n) is 5.78. The van der Waals surface area contributed by atoms with Gasteiger partial charge < -0.3 is 20.5 Å². The first-order valence-corrected chi connectivity index (χ1v) is 7.48. The Balaban J connectivity index is 0.000000321. The zero-order chi connectivity index (χ0) is 20.6. The van der Waals surface area contributed by atoms with Gasteiger partial charge in [-0.25, -0.2) is 9.59 Å². The Kier molecular flexibility index (Phi) is 4.84. The molecule has 25 heavy (non-hydrogen) atoms. The quantitative estimate of drug-likeness (QED) is 0.662. The Hall–Kier alpha value is -2.13. The second-order valence-corrected chi connectivity index (χ2v) is 5.78. The number of piperazine rings is 1. The summed E-state index contributed by atoms with van der Waals surface area (Å²) in [6.07, 6.45) is -5.08. The molecule has 9 heteroatoms. The number of aliphatic carboxylic acids is 1. The molecule has 2 atom stereocenters. The Morgan fingerprint density at radius 3 is 2.60 bits per heavy atom. The number of benzene rings is 1. The predicted octanol–water partition coefficient (Wildman–Crippen LogP) is 1.92. The number of carboxylic acids is 1. The number of hydrogen-bond donors (Lipinski definition) is 3. The molecule has 2 heterocycles. The second kappa shape index (κ2) is 7.40. The van der Waals surface area contributed by atoms with Crippen LogP contribution in [0, 0.1) is 6.92 Å². The van der Waals surface area contributed by atoms with Gasteiger partial charge in [0.2, 0.25) is 0 Å². The number of carbonyl (C=O) groups excluding carboxylic acids is 1. The predicted molar refractivity (Wildman–Crippen MR) is 82.2 cm³/mol. The SMILES string of the molecule is O=C(O)C(F)(F)F.[2H]C1([2H])OC(=O)c2ccc([C@@H]3CNC[C@H](C)N3)c(C)c21. The highest BCUT2D eigenvalue weighted by Crippen LogP contribution is 2.29. The van der Waals surface area contributed by atoms with Crippen molar-refractivity contribution in [2.75, 3.05) is 13.1 Å². The molecule has 0 unspecified atom stereocenters. The van der Waals surface area contributed by atoms with Gasteiger partial charge in [0.25, 0.3) is 0 Å². The van der Waals surface area contributed by atoms with E-state index in [-0.39, 0.29) is 6.04 Å². The number of ether oxygens (including phenoxy) is 1. The smallest absolute Gasteiger partial charge is 0.475 e. The van der Waals surface area contributed by atoms with Gasteiger partial charge in [-0.15, -0.1) is 0 Å². The number of rotatable bonds is 1. The van der Waals surface area contributed by atoms with E-state index in [9.17, 15) is 18.0 Å². The zero-order valence-corrected chi connectivity index (χ0v) is 13.5. The number of alkyl halides is 3. The highest BCUT2D eigenvalue weighted by molar-refractivity contribution is 5.94. The molecule has 0 radical (unpaired) electrons. The topological polar surface area (TPSA) is 87.7 Å². The van der Waals surface area contributed by atoms with Gasteiger partial charge in [-0.3, -0.25) is 0 Å². The lowest BCUT2D eigenvalue weighted by Gasteiger charge is -2.31. The van der Waals surface area contributed by atoms with E-state index in [1.54, 1.807) is 6.07 Å². The summed E-state index contributed by atoms with van der Waals surface area (Å²) < 4.78 is 52.3. The van der Waals surface area contributed by atoms with Crippen molar-refractivity contribution in [3.05, 3.63) is 34.4 Å². The fraction of sp³-hybridized carbons (Fsp3) is 0.500. The van der Waals surface area contributed by atoms with Gasteiger partial charge in [-0.1, -0.05) is 6.07 Å². The van der Waals surface area contributed by atoms with Crippen molar-refractivity contribution in [2.45, 2.75) is 38.7 Å². The van der Waals surface area contributed by atoms with Gasteiger partial charge in [-0.05, 0) is 31.0 Å². The number of esters is 1. The molecule has 0 saturated carbocycles. The lowest BCUT2D eigenvalue weighted by molar-refractivity contribution is -0.192. The maximum Gasteiger partial charge on any atom is 0.490 e. The zero-order valence-electron chi connectivity index (χ0n) is 15.5. The van der Waals surface area contributed by atoms with Gasteiger partial charge in [0.15, 0.2) is 0 Å². The molecule has 2 aliphatic rings. The van der Waals surface area contributed by atoms with Crippen molar-refractivity contribution < 1.29 is 35.3 Å². The molecule has 0 spiro atoms. The molecule has 2 aliphatic heterocycles. The maximum absolute atomic E-state index is 11.7. The van der Waals surface area contributed by atoms with Crippen molar-refractivity contribution in [2.24, 2.45) is 0 Å². The number of carboxylic acid groups (broad SMARTS) is 1. The summed E-state index contributed by atoms with van der Waals surface area (Å²) in [6.45, 7) is 3.65. The van der Waals surface area contributed by atoms with E-state index < -0.39 is 24.7 Å². The number of cyclic esters (lactones) is 1. The largest absolute Gasteiger partial charge is 0.490 e. The number of fused-ring (bicyclic) bond motifs is 1. The Morgan fingerprint density at radius 1 is 1.40 bits per heavy atom. The van der Waals surface area contributed by atoms with E-state index in [1.165, 1.54) is 0 Å². The molecule has 0 aromatic heterocycles. The first-order valence-electron chi connectivity index (χ1n) is 8.48. The van der Waals surface area contributed by atoms with Crippen LogP contribution in [-0.2, 0) is 16.1 Å². The lowest BCUT2D eigenvalue weighted by atomic mass is 9.93. The molecule has 1 aromatic rings. The van der Waals surface area contributed by atoms with E-state index in [2.05, 4.69) is 17.6 Å². The van der Waals surface area contributed by atoms with Crippen LogP contribution in [-0.4, -0.2) is 42.4 Å². The molecule has 0 bridgehead atoms. The van der Waals surface area contributed by atoms with Crippen LogP contribution in [0.2, 0.25) is 0 Å². The average Bonchev–Trinajstić information content (AvgIpc) is 2.77. The maximum atomic E-state index is 11.7. The minimum absolute atomic E-state index is 0.121. The third-order valence-corrected chi connectivity index (χ3v) is 3.88. The van der Waals surface area contributed by atoms with Crippen molar-refractivity contribution >= 4 is 11.9 Å². The summed E-state index contributed by atoms with van der Waals surface area (Å²) in [5.74, 6) is -3.34. The molecule has 3 rings (SSSR count). The van der Waals surface area contributed by atoms with E-state index in [0.717, 1.165) is 24.2 Å². The molecular weight excluding hydrogens is 341 g/mol. The number of halogens is 3. The number of nitrogens with one attached hydrogen (secondary N) is 2. The van der Waals surface area contributed by atoms with Crippen LogP contribution in [0.3, 0.4) is 0 Å². The van der Waals surface area contributed by atoms with Crippen molar-refractivity contribution in [3.8, 4) is 0 Å². The van der Waals surface area contributed by atoms with Crippen LogP contribution in [0.1, 0.15) is 42.8 Å². The lowest BCUT2D eigenvalue weighted by Crippen LogP contribution is -2.48. The Bertz CT molecular complexity index is 756. The highest BCUT2D eigenvalue weighted by Gasteiger charge is 2.38. The number of carbonyl (C=O) groups is 2. The highest BCUT2D eigenvalue weighted by atomic mass is 19.4. The average molecular weight is 362 g/mol. The summed E-state index contributed by atoms with van der Waals surface area (Å²) in [5, 5.41) is 14.0. The van der Waals surface area contributed by atoms with Crippen LogP contribution in [0.5, 0.6) is 0 Å². The molecule has 1 aromatic carbocycles. The van der Waals surface area contributed by atoms with E-state index >= 15 is 0 Å². The van der Waals surface area contributed by atoms with Gasteiger partial charge in [-0.2, -0.15) is 13.2 Å². The van der Waals surface area contributed by atoms with Crippen LogP contribution < -0.4 is 10.6 Å². The fourth-order valence-electron chi connectivity index (χ4n) is 2.66. The fourth-order valence-corrected chi connectivity index (χ4v) is 2.66. The van der Waals surface area contributed by atoms with Crippen molar-refractivity contribution in [1.82, 2.24) is 10.6 Å². The molecule has 0 amide bonds. The summed E-state index contributed by atoms with van der Waals surface area (Å²) in [6, 6.07) is 4.05. The molecule has 138 valence electrons. The molecule has 1 saturated heterocycles. The van der Waals surface area contributed by atoms with E-state index in [0.29, 0.717) is 17.2 Å². The summed E-state index contributed by atoms with van der Waals surface area (Å²) in [7, 11) is 0. The van der Waals surface area contributed by atoms with E-state index in [1.807, 2.05) is 13.0 Å². The molecule has 3 N–H and O–H groups in total. The van der Waals surface area contributed by atoms with Crippen LogP contribution in [0.15, 0.2) is 12.1 Å². The van der Waals surface area contributed by atoms with E-state index in [4.69, 9.17) is 17.4 Å². The van der Waals surface area contributed by atoms with Crippen molar-refractivity contribution in [1.29, 1.82) is 0 Å². The van der Waals surface area contributed by atoms with Gasteiger partial charge in [0.1, 0.15) is 6.56 Å². The third kappa shape index (κ3) is 4.49. The van der Waals surface area contributed by atoms with Crippen molar-refractivity contribution in [3.63, 3.8) is 0 Å². The first-order chi connectivity index (χ1) is 12.3. The summed E-state index contributed by atoms with van der Waals surface area (Å²) in [4.78, 5) is 20.6. The normalized spacial score (nSPS) is 25.7. The van der Waals surface area contributed by atoms with Gasteiger partial charge in [0, 0.05) is 30.7 Å². The van der Waals surface area contributed by atoms with Crippen LogP contribution in [0.4, 0.5) is 13.2 Å². The van der Waals surface area contributed by atoms with Gasteiger partial charge >= 0.3 is 18.1 Å².